The van der Waals surface area contributed by atoms with Gasteiger partial charge in [0.05, 0.1) is 6.54 Å². The van der Waals surface area contributed by atoms with E-state index in [1.54, 1.807) is 0 Å². The van der Waals surface area contributed by atoms with Crippen molar-refractivity contribution in [3.05, 3.63) is 27.7 Å². The van der Waals surface area contributed by atoms with Crippen LogP contribution in [0.15, 0.2) is 16.6 Å². The van der Waals surface area contributed by atoms with Gasteiger partial charge in [-0.2, -0.15) is 0 Å². The van der Waals surface area contributed by atoms with Crippen molar-refractivity contribution in [1.29, 1.82) is 0 Å². The summed E-state index contributed by atoms with van der Waals surface area (Å²) in [6, 6.07) is 4.05. The molecule has 0 saturated carbocycles. The number of benzene rings is 1. The van der Waals surface area contributed by atoms with Crippen molar-refractivity contribution in [3.8, 4) is 5.75 Å². The van der Waals surface area contributed by atoms with Crippen molar-refractivity contribution in [2.24, 2.45) is 0 Å². The lowest BCUT2D eigenvalue weighted by atomic mass is 10.1. The molecule has 1 aliphatic rings. The lowest BCUT2D eigenvalue weighted by Gasteiger charge is -2.15. The molecule has 6 heteroatoms. The van der Waals surface area contributed by atoms with Gasteiger partial charge in [-0.1, -0.05) is 15.9 Å². The van der Waals surface area contributed by atoms with Crippen LogP contribution in [0.1, 0.15) is 11.1 Å². The van der Waals surface area contributed by atoms with E-state index in [0.717, 1.165) is 34.4 Å². The highest BCUT2D eigenvalue weighted by molar-refractivity contribution is 9.10. The minimum absolute atomic E-state index is 0.00970. The molecule has 0 unspecified atom stereocenters. The Hall–Kier alpha value is -1.11. The summed E-state index contributed by atoms with van der Waals surface area (Å²) in [4.78, 5) is 13.6. The standard InChI is InChI=1S/C14H20BrN3O2/c1-18(2)9-13(19)17-8-11-6-12(15)5-10-7-16-3-4-20-14(10)11/h5-6,16H,3-4,7-9H2,1-2H3,(H,17,19). The van der Waals surface area contributed by atoms with Crippen molar-refractivity contribution in [1.82, 2.24) is 15.5 Å². The van der Waals surface area contributed by atoms with E-state index in [1.807, 2.05) is 25.1 Å². The first kappa shape index (κ1) is 15.3. The zero-order valence-electron chi connectivity index (χ0n) is 11.8. The number of carbonyl (C=O) groups is 1. The van der Waals surface area contributed by atoms with E-state index in [4.69, 9.17) is 4.74 Å². The highest BCUT2D eigenvalue weighted by Gasteiger charge is 2.15. The maximum Gasteiger partial charge on any atom is 0.234 e. The highest BCUT2D eigenvalue weighted by atomic mass is 79.9. The van der Waals surface area contributed by atoms with Gasteiger partial charge in [0.1, 0.15) is 12.4 Å². The zero-order chi connectivity index (χ0) is 14.5. The molecule has 0 aliphatic carbocycles. The minimum Gasteiger partial charge on any atom is -0.492 e. The summed E-state index contributed by atoms with van der Waals surface area (Å²) in [5.41, 5.74) is 2.12. The van der Waals surface area contributed by atoms with Crippen molar-refractivity contribution < 1.29 is 9.53 Å². The Bertz CT molecular complexity index is 492. The molecule has 0 fully saturated rings. The van der Waals surface area contributed by atoms with Crippen LogP contribution in [0.25, 0.3) is 0 Å². The summed E-state index contributed by atoms with van der Waals surface area (Å²) in [5, 5.41) is 6.24. The molecule has 2 rings (SSSR count). The molecule has 1 aliphatic heterocycles. The van der Waals surface area contributed by atoms with Gasteiger partial charge in [-0.25, -0.2) is 0 Å². The Labute approximate surface area is 127 Å². The van der Waals surface area contributed by atoms with Crippen molar-refractivity contribution in [3.63, 3.8) is 0 Å². The number of fused-ring (bicyclic) bond motifs is 1. The second-order valence-corrected chi connectivity index (χ2v) is 6.01. The number of halogens is 1. The van der Waals surface area contributed by atoms with E-state index in [-0.39, 0.29) is 5.91 Å². The minimum atomic E-state index is 0.00970. The van der Waals surface area contributed by atoms with Crippen LogP contribution in [-0.4, -0.2) is 44.6 Å². The molecular weight excluding hydrogens is 322 g/mol. The Morgan fingerprint density at radius 3 is 3.05 bits per heavy atom. The third-order valence-corrected chi connectivity index (χ3v) is 3.44. The normalized spacial score (nSPS) is 14.4. The van der Waals surface area contributed by atoms with Gasteiger partial charge in [-0.05, 0) is 26.2 Å². The number of amides is 1. The van der Waals surface area contributed by atoms with Gasteiger partial charge in [0.15, 0.2) is 0 Å². The molecule has 1 aromatic rings. The second kappa shape index (κ2) is 7.06. The fraction of sp³-hybridized carbons (Fsp3) is 0.500. The molecule has 0 aromatic heterocycles. The molecule has 1 amide bonds. The summed E-state index contributed by atoms with van der Waals surface area (Å²) in [7, 11) is 3.75. The Morgan fingerprint density at radius 2 is 2.30 bits per heavy atom. The van der Waals surface area contributed by atoms with Crippen molar-refractivity contribution in [2.75, 3.05) is 33.8 Å². The van der Waals surface area contributed by atoms with Gasteiger partial charge in [0, 0.05) is 35.2 Å². The maximum absolute atomic E-state index is 11.7. The van der Waals surface area contributed by atoms with Crippen LogP contribution in [0.5, 0.6) is 5.75 Å². The molecule has 110 valence electrons. The van der Waals surface area contributed by atoms with Crippen LogP contribution in [0.2, 0.25) is 0 Å². The molecule has 0 saturated heterocycles. The molecule has 5 nitrogen and oxygen atoms in total. The van der Waals surface area contributed by atoms with Crippen LogP contribution >= 0.6 is 15.9 Å². The third kappa shape index (κ3) is 4.19. The Balaban J connectivity index is 2.11. The number of hydrogen-bond donors (Lipinski definition) is 2. The average Bonchev–Trinajstić information content (AvgIpc) is 2.60. The number of ether oxygens (including phenoxy) is 1. The first-order valence-electron chi connectivity index (χ1n) is 6.62. The van der Waals surface area contributed by atoms with Crippen LogP contribution in [0.4, 0.5) is 0 Å². The van der Waals surface area contributed by atoms with Gasteiger partial charge in [-0.15, -0.1) is 0 Å². The number of likely N-dealkylation sites (N-methyl/N-ethyl adjacent to an activating group) is 1. The van der Waals surface area contributed by atoms with Gasteiger partial charge < -0.3 is 20.3 Å². The van der Waals surface area contributed by atoms with E-state index >= 15 is 0 Å². The predicted molar refractivity (Wildman–Crippen MR) is 81.7 cm³/mol. The topological polar surface area (TPSA) is 53.6 Å². The summed E-state index contributed by atoms with van der Waals surface area (Å²) in [6.07, 6.45) is 0. The fourth-order valence-corrected chi connectivity index (χ4v) is 2.70. The first-order valence-corrected chi connectivity index (χ1v) is 7.42. The quantitative estimate of drug-likeness (QED) is 0.861. The summed E-state index contributed by atoms with van der Waals surface area (Å²) >= 11 is 3.51. The summed E-state index contributed by atoms with van der Waals surface area (Å²) in [6.45, 7) is 3.13. The van der Waals surface area contributed by atoms with Crippen LogP contribution < -0.4 is 15.4 Å². The van der Waals surface area contributed by atoms with Gasteiger partial charge in [0.2, 0.25) is 5.91 Å². The van der Waals surface area contributed by atoms with Gasteiger partial charge in [0.25, 0.3) is 0 Å². The lowest BCUT2D eigenvalue weighted by Crippen LogP contribution is -2.32. The molecule has 0 radical (unpaired) electrons. The van der Waals surface area contributed by atoms with E-state index in [0.29, 0.717) is 19.7 Å². The molecule has 2 N–H and O–H groups in total. The van der Waals surface area contributed by atoms with E-state index in [1.165, 1.54) is 0 Å². The highest BCUT2D eigenvalue weighted by Crippen LogP contribution is 2.29. The van der Waals surface area contributed by atoms with Gasteiger partial charge in [-0.3, -0.25) is 4.79 Å². The number of nitrogens with zero attached hydrogens (tertiary/aromatic N) is 1. The van der Waals surface area contributed by atoms with Crippen LogP contribution in [-0.2, 0) is 17.9 Å². The number of rotatable bonds is 4. The second-order valence-electron chi connectivity index (χ2n) is 5.09. The van der Waals surface area contributed by atoms with E-state index < -0.39 is 0 Å². The SMILES string of the molecule is CN(C)CC(=O)NCc1cc(Br)cc2c1OCCNC2. The van der Waals surface area contributed by atoms with E-state index in [9.17, 15) is 4.79 Å². The largest absolute Gasteiger partial charge is 0.492 e. The summed E-state index contributed by atoms with van der Waals surface area (Å²) < 4.78 is 6.80. The fourth-order valence-electron chi connectivity index (χ4n) is 2.15. The molecule has 0 bridgehead atoms. The van der Waals surface area contributed by atoms with Crippen molar-refractivity contribution in [2.45, 2.75) is 13.1 Å². The molecule has 1 heterocycles. The first-order chi connectivity index (χ1) is 9.56. The summed E-state index contributed by atoms with van der Waals surface area (Å²) in [5.74, 6) is 0.902. The maximum atomic E-state index is 11.7. The number of carbonyl (C=O) groups excluding carboxylic acids is 1. The van der Waals surface area contributed by atoms with Crippen molar-refractivity contribution >= 4 is 21.8 Å². The smallest absolute Gasteiger partial charge is 0.234 e. The monoisotopic (exact) mass is 341 g/mol. The molecule has 0 spiro atoms. The Kier molecular flexibility index (Phi) is 5.39. The predicted octanol–water partition coefficient (Wildman–Crippen LogP) is 1.11. The third-order valence-electron chi connectivity index (χ3n) is 2.98. The van der Waals surface area contributed by atoms with Crippen LogP contribution in [0.3, 0.4) is 0 Å². The average molecular weight is 342 g/mol. The molecule has 20 heavy (non-hydrogen) atoms. The van der Waals surface area contributed by atoms with Crippen LogP contribution in [0, 0.1) is 0 Å². The zero-order valence-corrected chi connectivity index (χ0v) is 13.4. The number of nitrogens with one attached hydrogen (secondary N) is 2. The number of hydrogen-bond acceptors (Lipinski definition) is 4. The molecule has 1 aromatic carbocycles. The molecular formula is C14H20BrN3O2. The van der Waals surface area contributed by atoms with Gasteiger partial charge >= 0.3 is 0 Å². The Morgan fingerprint density at radius 1 is 1.50 bits per heavy atom. The lowest BCUT2D eigenvalue weighted by molar-refractivity contribution is -0.121. The van der Waals surface area contributed by atoms with E-state index in [2.05, 4.69) is 32.6 Å². The molecule has 0 atom stereocenters.